The number of urea groups is 1. The molecule has 1 saturated heterocycles. The van der Waals surface area contributed by atoms with Crippen LogP contribution in [0.5, 0.6) is 0 Å². The monoisotopic (exact) mass is 336 g/mol. The number of likely N-dealkylation sites (N-methyl/N-ethyl adjacent to an activating group) is 2. The molecule has 1 unspecified atom stereocenters. The molecule has 3 amide bonds. The number of fused-ring (bicyclic) bond motifs is 1. The van der Waals surface area contributed by atoms with Crippen molar-refractivity contribution in [2.45, 2.75) is 44.2 Å². The number of nitrogens with zero attached hydrogens (tertiary/aromatic N) is 4. The molecule has 2 N–H and O–H groups in total. The van der Waals surface area contributed by atoms with E-state index in [0.717, 1.165) is 30.6 Å². The Morgan fingerprint density at radius 1 is 1.25 bits per heavy atom. The number of hydrogen-bond acceptors (Lipinski definition) is 5. The number of hydrogen-bond donors (Lipinski definition) is 2. The highest BCUT2D eigenvalue weighted by Gasteiger charge is 2.52. The minimum Gasteiger partial charge on any atom is -0.479 e. The van der Waals surface area contributed by atoms with Gasteiger partial charge in [-0.15, -0.1) is 0 Å². The molecule has 0 spiro atoms. The number of carbonyl (C=O) groups is 3. The van der Waals surface area contributed by atoms with E-state index in [-0.39, 0.29) is 18.4 Å². The van der Waals surface area contributed by atoms with Crippen molar-refractivity contribution in [1.29, 1.82) is 0 Å². The van der Waals surface area contributed by atoms with Gasteiger partial charge in [0.25, 0.3) is 5.91 Å². The Kier molecular flexibility index (Phi) is 4.25. The first-order chi connectivity index (χ1) is 11.4. The number of carboxylic acids is 1. The van der Waals surface area contributed by atoms with Gasteiger partial charge in [0.1, 0.15) is 0 Å². The Morgan fingerprint density at radius 3 is 2.54 bits per heavy atom. The fraction of sp³-hybridized carbons (Fsp3) is 0.667. The third kappa shape index (κ3) is 2.74. The summed E-state index contributed by atoms with van der Waals surface area (Å²) in [5.41, 5.74) is 0. The highest BCUT2D eigenvalue weighted by Crippen LogP contribution is 2.21. The molecule has 0 aromatic rings. The smallest absolute Gasteiger partial charge is 0.390 e. The van der Waals surface area contributed by atoms with Crippen LogP contribution in [0.4, 0.5) is 4.79 Å². The van der Waals surface area contributed by atoms with Gasteiger partial charge in [0.2, 0.25) is 11.9 Å². The largest absolute Gasteiger partial charge is 0.479 e. The minimum atomic E-state index is -1.05. The normalized spacial score (nSPS) is 25.1. The Bertz CT molecular complexity index is 650. The van der Waals surface area contributed by atoms with E-state index < -0.39 is 23.9 Å². The second kappa shape index (κ2) is 6.21. The molecule has 9 nitrogen and oxygen atoms in total. The molecule has 0 aromatic carbocycles. The van der Waals surface area contributed by atoms with Gasteiger partial charge in [-0.25, -0.2) is 14.2 Å². The second-order valence-corrected chi connectivity index (χ2v) is 6.44. The summed E-state index contributed by atoms with van der Waals surface area (Å²) >= 11 is 0. The lowest BCUT2D eigenvalue weighted by Crippen LogP contribution is -2.62. The Hall–Kier alpha value is -2.45. The van der Waals surface area contributed by atoms with Gasteiger partial charge in [0.15, 0.2) is 6.54 Å². The van der Waals surface area contributed by atoms with E-state index >= 15 is 0 Å². The lowest BCUT2D eigenvalue weighted by molar-refractivity contribution is -0.527. The zero-order valence-corrected chi connectivity index (χ0v) is 13.9. The Balaban J connectivity index is 1.94. The van der Waals surface area contributed by atoms with Crippen LogP contribution in [0.2, 0.25) is 0 Å². The van der Waals surface area contributed by atoms with Crippen LogP contribution < -0.4 is 5.32 Å². The van der Waals surface area contributed by atoms with E-state index in [4.69, 9.17) is 0 Å². The van der Waals surface area contributed by atoms with Crippen molar-refractivity contribution in [2.75, 3.05) is 20.6 Å². The van der Waals surface area contributed by atoms with Crippen molar-refractivity contribution < 1.29 is 24.1 Å². The van der Waals surface area contributed by atoms with Crippen molar-refractivity contribution in [1.82, 2.24) is 15.1 Å². The van der Waals surface area contributed by atoms with Gasteiger partial charge in [-0.1, -0.05) is 24.3 Å². The molecule has 1 saturated carbocycles. The average Bonchev–Trinajstić information content (AvgIpc) is 2.90. The Morgan fingerprint density at radius 2 is 1.92 bits per heavy atom. The van der Waals surface area contributed by atoms with Crippen LogP contribution in [0.3, 0.4) is 0 Å². The van der Waals surface area contributed by atoms with E-state index in [9.17, 15) is 19.5 Å². The number of imide groups is 1. The summed E-state index contributed by atoms with van der Waals surface area (Å²) in [6.45, 7) is -0.353. The summed E-state index contributed by atoms with van der Waals surface area (Å²) in [7, 11) is 2.93. The summed E-state index contributed by atoms with van der Waals surface area (Å²) < 4.78 is 1.44. The quantitative estimate of drug-likeness (QED) is 0.687. The number of carbonyl (C=O) groups excluding carboxylic acids is 2. The van der Waals surface area contributed by atoms with Crippen molar-refractivity contribution in [3.05, 3.63) is 0 Å². The van der Waals surface area contributed by atoms with Crippen LogP contribution in [0.1, 0.15) is 32.1 Å². The predicted octanol–water partition coefficient (Wildman–Crippen LogP) is -0.334. The van der Waals surface area contributed by atoms with Crippen molar-refractivity contribution in [3.8, 4) is 0 Å². The SMILES string of the molecule is CN1C(=O)C2C(=NC(NC3CCCCC3)=[N+]2CC(=O)O)N(C)C1=O. The molecule has 3 aliphatic rings. The second-order valence-electron chi connectivity index (χ2n) is 6.44. The van der Waals surface area contributed by atoms with Gasteiger partial charge in [-0.3, -0.25) is 19.9 Å². The van der Waals surface area contributed by atoms with Gasteiger partial charge in [-0.05, 0) is 12.8 Å². The number of aliphatic carboxylic acids is 1. The summed E-state index contributed by atoms with van der Waals surface area (Å²) in [4.78, 5) is 42.6. The summed E-state index contributed by atoms with van der Waals surface area (Å²) in [6, 6.07) is -1.13. The van der Waals surface area contributed by atoms with Crippen LogP contribution in [0.25, 0.3) is 0 Å². The standard InChI is InChI=1S/C15H21N5O4/c1-18-12-11(13(23)19(2)15(18)24)20(8-10(21)22)14(17-12)16-9-6-4-3-5-7-9/h9,11H,3-8H2,1-2H3,(H,21,22)/p+1. The molecule has 1 aliphatic carbocycles. The lowest BCUT2D eigenvalue weighted by atomic mass is 9.96. The number of rotatable bonds is 3. The third-order valence-electron chi connectivity index (χ3n) is 4.77. The van der Waals surface area contributed by atoms with Crippen molar-refractivity contribution in [2.24, 2.45) is 4.99 Å². The number of aliphatic imine (C=N–C) groups is 1. The first-order valence-electron chi connectivity index (χ1n) is 8.16. The lowest BCUT2D eigenvalue weighted by Gasteiger charge is -2.31. The molecule has 24 heavy (non-hydrogen) atoms. The molecular formula is C15H22N5O4+. The number of nitrogens with one attached hydrogen (secondary N) is 1. The maximum atomic E-state index is 12.5. The third-order valence-corrected chi connectivity index (χ3v) is 4.77. The van der Waals surface area contributed by atoms with Crippen LogP contribution in [0, 0.1) is 0 Å². The maximum absolute atomic E-state index is 12.5. The molecule has 2 heterocycles. The summed E-state index contributed by atoms with van der Waals surface area (Å²) in [5, 5.41) is 12.5. The van der Waals surface area contributed by atoms with Gasteiger partial charge >= 0.3 is 18.0 Å². The average molecular weight is 336 g/mol. The van der Waals surface area contributed by atoms with Crippen LogP contribution >= 0.6 is 0 Å². The summed E-state index contributed by atoms with van der Waals surface area (Å²) in [5.74, 6) is -0.863. The van der Waals surface area contributed by atoms with E-state index in [0.29, 0.717) is 5.96 Å². The van der Waals surface area contributed by atoms with E-state index in [1.807, 2.05) is 0 Å². The fourth-order valence-corrected chi connectivity index (χ4v) is 3.45. The van der Waals surface area contributed by atoms with Gasteiger partial charge < -0.3 is 5.11 Å². The molecular weight excluding hydrogens is 314 g/mol. The highest BCUT2D eigenvalue weighted by atomic mass is 16.4. The zero-order chi connectivity index (χ0) is 17.4. The molecule has 0 radical (unpaired) electrons. The molecule has 0 aromatic heterocycles. The Labute approximate surface area is 139 Å². The van der Waals surface area contributed by atoms with Crippen LogP contribution in [-0.2, 0) is 9.59 Å². The van der Waals surface area contributed by atoms with Crippen molar-refractivity contribution in [3.63, 3.8) is 0 Å². The molecule has 3 rings (SSSR count). The van der Waals surface area contributed by atoms with Gasteiger partial charge in [-0.2, -0.15) is 0 Å². The molecule has 1 atom stereocenters. The number of guanidine groups is 1. The minimum absolute atomic E-state index is 0.211. The number of amidine groups is 1. The van der Waals surface area contributed by atoms with Crippen LogP contribution in [-0.4, -0.2) is 81.9 Å². The van der Waals surface area contributed by atoms with Gasteiger partial charge in [0.05, 0.1) is 6.04 Å². The number of amides is 3. The predicted molar refractivity (Wildman–Crippen MR) is 84.9 cm³/mol. The number of carboxylic acid groups (broad SMARTS) is 1. The molecule has 130 valence electrons. The first-order valence-corrected chi connectivity index (χ1v) is 8.16. The highest BCUT2D eigenvalue weighted by molar-refractivity contribution is 6.22. The zero-order valence-electron chi connectivity index (χ0n) is 13.9. The van der Waals surface area contributed by atoms with Crippen molar-refractivity contribution >= 4 is 29.7 Å². The van der Waals surface area contributed by atoms with Crippen LogP contribution in [0.15, 0.2) is 4.99 Å². The van der Waals surface area contributed by atoms with E-state index in [1.54, 1.807) is 7.05 Å². The molecule has 2 fully saturated rings. The topological polar surface area (TPSA) is 105 Å². The first kappa shape index (κ1) is 16.4. The molecule has 0 bridgehead atoms. The molecule has 9 heteroatoms. The molecule has 2 aliphatic heterocycles. The summed E-state index contributed by atoms with van der Waals surface area (Å²) in [6.07, 6.45) is 5.41. The maximum Gasteiger partial charge on any atom is 0.390 e. The van der Waals surface area contributed by atoms with Gasteiger partial charge in [0, 0.05) is 14.1 Å². The van der Waals surface area contributed by atoms with E-state index in [1.165, 1.54) is 22.9 Å². The van der Waals surface area contributed by atoms with E-state index in [2.05, 4.69) is 10.3 Å². The fourth-order valence-electron chi connectivity index (χ4n) is 3.45.